The molecule has 1 heterocycles. The number of hydrogen-bond donors (Lipinski definition) is 0. The zero-order chi connectivity index (χ0) is 20.8. The van der Waals surface area contributed by atoms with Crippen LogP contribution < -0.4 is 0 Å². The summed E-state index contributed by atoms with van der Waals surface area (Å²) in [7, 11) is 1.72. The molecule has 29 heavy (non-hydrogen) atoms. The number of benzene rings is 2. The Balaban J connectivity index is 1.49. The van der Waals surface area contributed by atoms with Gasteiger partial charge in [0.25, 0.3) is 11.8 Å². The lowest BCUT2D eigenvalue weighted by atomic mass is 10.1. The summed E-state index contributed by atoms with van der Waals surface area (Å²) in [5, 5.41) is 0. The first-order valence-electron chi connectivity index (χ1n) is 9.47. The van der Waals surface area contributed by atoms with E-state index in [2.05, 4.69) is 22.6 Å². The fourth-order valence-corrected chi connectivity index (χ4v) is 4.30. The molecule has 2 aromatic rings. The van der Waals surface area contributed by atoms with Gasteiger partial charge in [0.2, 0.25) is 0 Å². The Kier molecular flexibility index (Phi) is 7.24. The van der Waals surface area contributed by atoms with Crippen LogP contribution >= 0.6 is 22.6 Å². The maximum absolute atomic E-state index is 12.4. The van der Waals surface area contributed by atoms with E-state index in [1.54, 1.807) is 36.2 Å². The highest BCUT2D eigenvalue weighted by molar-refractivity contribution is 14.1. The van der Waals surface area contributed by atoms with Gasteiger partial charge in [0.05, 0.1) is 11.1 Å². The monoisotopic (exact) mass is 506 g/mol. The predicted octanol–water partition coefficient (Wildman–Crippen LogP) is 4.14. The van der Waals surface area contributed by atoms with Crippen LogP contribution in [0.25, 0.3) is 0 Å². The number of nitrogens with zero attached hydrogens (tertiary/aromatic N) is 2. The number of rotatable bonds is 8. The molecular weight excluding hydrogens is 483 g/mol. The van der Waals surface area contributed by atoms with Crippen LogP contribution in [-0.4, -0.2) is 51.8 Å². The topological polar surface area (TPSA) is 66.9 Å². The van der Waals surface area contributed by atoms with Crippen molar-refractivity contribution >= 4 is 40.5 Å². The minimum Gasteiger partial charge on any atom is -0.445 e. The maximum Gasteiger partial charge on any atom is 0.410 e. The minimum absolute atomic E-state index is 0.0333. The number of hydrogen-bond acceptors (Lipinski definition) is 4. The van der Waals surface area contributed by atoms with Crippen LogP contribution in [0.2, 0.25) is 0 Å². The second kappa shape index (κ2) is 9.87. The Bertz CT molecular complexity index is 852. The van der Waals surface area contributed by atoms with Crippen molar-refractivity contribution in [2.75, 3.05) is 18.0 Å². The lowest BCUT2D eigenvalue weighted by Crippen LogP contribution is -2.39. The van der Waals surface area contributed by atoms with E-state index >= 15 is 0 Å². The first-order valence-corrected chi connectivity index (χ1v) is 11.0. The van der Waals surface area contributed by atoms with Crippen molar-refractivity contribution in [3.8, 4) is 0 Å². The Labute approximate surface area is 184 Å². The number of fused-ring (bicyclic) bond motifs is 1. The van der Waals surface area contributed by atoms with Gasteiger partial charge in [0.15, 0.2) is 0 Å². The molecule has 1 aliphatic heterocycles. The average molecular weight is 506 g/mol. The van der Waals surface area contributed by atoms with Gasteiger partial charge in [-0.25, -0.2) is 4.79 Å². The molecule has 7 heteroatoms. The Morgan fingerprint density at radius 1 is 1.03 bits per heavy atom. The SMILES string of the molecule is CN(C(=O)OCc1ccccc1)[C@H](CI)CCCN1C(=O)c2ccccc2C1=O. The van der Waals surface area contributed by atoms with Crippen molar-refractivity contribution in [3.63, 3.8) is 0 Å². The van der Waals surface area contributed by atoms with E-state index in [4.69, 9.17) is 4.74 Å². The van der Waals surface area contributed by atoms with Crippen LogP contribution in [-0.2, 0) is 11.3 Å². The third-order valence-corrected chi connectivity index (χ3v) is 6.03. The summed E-state index contributed by atoms with van der Waals surface area (Å²) in [5.74, 6) is -0.487. The normalized spacial score (nSPS) is 13.9. The number of imide groups is 1. The van der Waals surface area contributed by atoms with E-state index in [1.807, 2.05) is 30.3 Å². The smallest absolute Gasteiger partial charge is 0.410 e. The van der Waals surface area contributed by atoms with Crippen molar-refractivity contribution < 1.29 is 19.1 Å². The van der Waals surface area contributed by atoms with Gasteiger partial charge in [0.1, 0.15) is 6.61 Å². The van der Waals surface area contributed by atoms with E-state index in [1.165, 1.54) is 4.90 Å². The summed E-state index contributed by atoms with van der Waals surface area (Å²) in [6.07, 6.45) is 0.916. The van der Waals surface area contributed by atoms with Gasteiger partial charge in [-0.2, -0.15) is 0 Å². The summed E-state index contributed by atoms with van der Waals surface area (Å²) in [5.41, 5.74) is 1.86. The quantitative estimate of drug-likeness (QED) is 0.307. The average Bonchev–Trinajstić information content (AvgIpc) is 3.00. The molecule has 1 atom stereocenters. The van der Waals surface area contributed by atoms with Crippen LogP contribution in [0.5, 0.6) is 0 Å². The molecule has 2 aromatic carbocycles. The van der Waals surface area contributed by atoms with Crippen molar-refractivity contribution in [1.29, 1.82) is 0 Å². The number of carbonyl (C=O) groups is 3. The number of amides is 3. The summed E-state index contributed by atoms with van der Waals surface area (Å²) in [6, 6.07) is 16.4. The van der Waals surface area contributed by atoms with Gasteiger partial charge in [0, 0.05) is 24.1 Å². The van der Waals surface area contributed by atoms with Crippen LogP contribution in [0.3, 0.4) is 0 Å². The van der Waals surface area contributed by atoms with E-state index in [0.29, 0.717) is 30.5 Å². The Morgan fingerprint density at radius 2 is 1.62 bits per heavy atom. The molecule has 152 valence electrons. The second-order valence-corrected chi connectivity index (χ2v) is 7.79. The molecule has 0 radical (unpaired) electrons. The predicted molar refractivity (Wildman–Crippen MR) is 118 cm³/mol. The van der Waals surface area contributed by atoms with E-state index in [0.717, 1.165) is 9.99 Å². The van der Waals surface area contributed by atoms with Crippen LogP contribution in [0, 0.1) is 0 Å². The molecule has 0 saturated carbocycles. The molecule has 6 nitrogen and oxygen atoms in total. The fourth-order valence-electron chi connectivity index (χ4n) is 3.27. The second-order valence-electron chi connectivity index (χ2n) is 6.91. The lowest BCUT2D eigenvalue weighted by Gasteiger charge is -2.26. The van der Waals surface area contributed by atoms with Gasteiger partial charge in [-0.3, -0.25) is 14.5 Å². The van der Waals surface area contributed by atoms with Crippen molar-refractivity contribution in [3.05, 3.63) is 71.3 Å². The molecule has 3 amide bonds. The largest absolute Gasteiger partial charge is 0.445 e. The Morgan fingerprint density at radius 3 is 2.21 bits per heavy atom. The molecule has 3 rings (SSSR count). The highest BCUT2D eigenvalue weighted by atomic mass is 127. The molecule has 1 aliphatic rings. The minimum atomic E-state index is -0.378. The molecule has 0 aliphatic carbocycles. The third kappa shape index (κ3) is 4.95. The van der Waals surface area contributed by atoms with E-state index in [-0.39, 0.29) is 30.6 Å². The Hall–Kier alpha value is -2.42. The van der Waals surface area contributed by atoms with Gasteiger partial charge in [-0.1, -0.05) is 65.1 Å². The van der Waals surface area contributed by atoms with Crippen LogP contribution in [0.15, 0.2) is 54.6 Å². The number of ether oxygens (including phenoxy) is 1. The molecule has 0 fully saturated rings. The molecule has 0 N–H and O–H groups in total. The summed E-state index contributed by atoms with van der Waals surface area (Å²) < 4.78 is 6.13. The van der Waals surface area contributed by atoms with Gasteiger partial charge < -0.3 is 9.64 Å². The molecule has 0 unspecified atom stereocenters. The molecule has 0 saturated heterocycles. The van der Waals surface area contributed by atoms with Crippen molar-refractivity contribution in [2.45, 2.75) is 25.5 Å². The maximum atomic E-state index is 12.4. The van der Waals surface area contributed by atoms with Gasteiger partial charge in [-0.05, 0) is 30.5 Å². The number of alkyl halides is 1. The standard InChI is InChI=1S/C22H23IN2O4/c1-24(22(28)29-15-16-8-3-2-4-9-16)17(14-23)10-7-13-25-20(26)18-11-5-6-12-19(18)21(25)27/h2-6,8-9,11-12,17H,7,10,13-15H2,1H3/t17-/m0/s1. The highest BCUT2D eigenvalue weighted by Crippen LogP contribution is 2.23. The summed E-state index contributed by atoms with van der Waals surface area (Å²) in [4.78, 5) is 40.1. The number of carbonyl (C=O) groups excluding carboxylic acids is 3. The van der Waals surface area contributed by atoms with E-state index < -0.39 is 0 Å². The number of halogens is 1. The molecule has 0 bridgehead atoms. The van der Waals surface area contributed by atoms with Crippen molar-refractivity contribution in [2.24, 2.45) is 0 Å². The first kappa shape index (κ1) is 21.3. The zero-order valence-corrected chi connectivity index (χ0v) is 18.4. The van der Waals surface area contributed by atoms with E-state index in [9.17, 15) is 14.4 Å². The summed E-state index contributed by atoms with van der Waals surface area (Å²) >= 11 is 2.24. The van der Waals surface area contributed by atoms with Crippen LogP contribution in [0.1, 0.15) is 39.1 Å². The summed E-state index contributed by atoms with van der Waals surface area (Å²) in [6.45, 7) is 0.569. The fraction of sp³-hybridized carbons (Fsp3) is 0.318. The van der Waals surface area contributed by atoms with Gasteiger partial charge in [-0.15, -0.1) is 0 Å². The molecule has 0 spiro atoms. The zero-order valence-electron chi connectivity index (χ0n) is 16.2. The molecule has 0 aromatic heterocycles. The molecular formula is C22H23IN2O4. The first-order chi connectivity index (χ1) is 14.0. The van der Waals surface area contributed by atoms with Crippen LogP contribution in [0.4, 0.5) is 4.79 Å². The van der Waals surface area contributed by atoms with Gasteiger partial charge >= 0.3 is 6.09 Å². The van der Waals surface area contributed by atoms with Crippen molar-refractivity contribution in [1.82, 2.24) is 9.80 Å². The highest BCUT2D eigenvalue weighted by Gasteiger charge is 2.34. The lowest BCUT2D eigenvalue weighted by molar-refractivity contribution is 0.0642. The third-order valence-electron chi connectivity index (χ3n) is 5.02.